The zero-order valence-corrected chi connectivity index (χ0v) is 7.38. The maximum atomic E-state index is 10.1. The van der Waals surface area contributed by atoms with E-state index in [9.17, 15) is 14.2 Å². The first-order chi connectivity index (χ1) is 6.20. The van der Waals surface area contributed by atoms with Gasteiger partial charge in [-0.3, -0.25) is 9.59 Å². The third kappa shape index (κ3) is 7.32. The minimum absolute atomic E-state index is 0.132. The SMILES string of the molecule is O=COCC(CO[P+](=O)O)OC=O. The van der Waals surface area contributed by atoms with Crippen molar-refractivity contribution < 1.29 is 33.0 Å². The molecule has 74 valence electrons. The van der Waals surface area contributed by atoms with E-state index in [0.717, 1.165) is 0 Å². The first-order valence-electron chi connectivity index (χ1n) is 3.14. The largest absolute Gasteiger partial charge is 0.694 e. The summed E-state index contributed by atoms with van der Waals surface area (Å²) in [7, 11) is -2.75. The molecular formula is C5H8O7P+. The van der Waals surface area contributed by atoms with E-state index in [4.69, 9.17) is 4.89 Å². The van der Waals surface area contributed by atoms with E-state index >= 15 is 0 Å². The molecule has 0 aromatic rings. The molecule has 0 amide bonds. The van der Waals surface area contributed by atoms with Crippen LogP contribution in [0.25, 0.3) is 0 Å². The Bertz CT molecular complexity index is 182. The summed E-state index contributed by atoms with van der Waals surface area (Å²) in [5.41, 5.74) is 0. The summed E-state index contributed by atoms with van der Waals surface area (Å²) in [6, 6.07) is 0. The number of rotatable bonds is 8. The van der Waals surface area contributed by atoms with Crippen molar-refractivity contribution in [1.82, 2.24) is 0 Å². The van der Waals surface area contributed by atoms with E-state index in [0.29, 0.717) is 0 Å². The molecule has 2 atom stereocenters. The van der Waals surface area contributed by atoms with Gasteiger partial charge >= 0.3 is 8.25 Å². The Kier molecular flexibility index (Phi) is 6.99. The van der Waals surface area contributed by atoms with Crippen LogP contribution in [-0.2, 0) is 28.2 Å². The predicted molar refractivity (Wildman–Crippen MR) is 38.7 cm³/mol. The predicted octanol–water partition coefficient (Wildman–Crippen LogP) is -0.633. The van der Waals surface area contributed by atoms with Gasteiger partial charge in [-0.1, -0.05) is 0 Å². The Hall–Kier alpha value is -1.04. The lowest BCUT2D eigenvalue weighted by atomic mass is 10.4. The fourth-order valence-electron chi connectivity index (χ4n) is 0.499. The van der Waals surface area contributed by atoms with E-state index in [-0.39, 0.29) is 26.2 Å². The molecule has 0 radical (unpaired) electrons. The van der Waals surface area contributed by atoms with E-state index < -0.39 is 14.4 Å². The van der Waals surface area contributed by atoms with Gasteiger partial charge in [-0.05, 0) is 0 Å². The van der Waals surface area contributed by atoms with Gasteiger partial charge in [0.25, 0.3) is 12.9 Å². The fourth-order valence-corrected chi connectivity index (χ4v) is 0.793. The second-order valence-electron chi connectivity index (χ2n) is 1.82. The number of carbonyl (C=O) groups is 2. The van der Waals surface area contributed by atoms with Crippen LogP contribution < -0.4 is 0 Å². The van der Waals surface area contributed by atoms with Crippen molar-refractivity contribution in [3.63, 3.8) is 0 Å². The first-order valence-corrected chi connectivity index (χ1v) is 4.27. The van der Waals surface area contributed by atoms with Gasteiger partial charge in [0.05, 0.1) is 0 Å². The highest BCUT2D eigenvalue weighted by atomic mass is 31.1. The van der Waals surface area contributed by atoms with Gasteiger partial charge in [0, 0.05) is 4.57 Å². The number of hydrogen-bond donors (Lipinski definition) is 1. The Morgan fingerprint density at radius 1 is 1.31 bits per heavy atom. The summed E-state index contributed by atoms with van der Waals surface area (Å²) < 4.78 is 22.9. The van der Waals surface area contributed by atoms with Gasteiger partial charge in [-0.25, -0.2) is 0 Å². The van der Waals surface area contributed by atoms with Crippen molar-refractivity contribution in [2.75, 3.05) is 13.2 Å². The molecule has 2 unspecified atom stereocenters. The van der Waals surface area contributed by atoms with Crippen molar-refractivity contribution in [1.29, 1.82) is 0 Å². The molecule has 0 aromatic heterocycles. The molecular weight excluding hydrogens is 203 g/mol. The standard InChI is InChI=1S/C5H7O7P/c6-3-10-1-5(11-4-7)2-12-13(8)9/h3-5H,1-2H2/p+1. The molecule has 13 heavy (non-hydrogen) atoms. The molecule has 0 saturated carbocycles. The summed E-state index contributed by atoms with van der Waals surface area (Å²) in [5.74, 6) is 0. The minimum atomic E-state index is -2.75. The average Bonchev–Trinajstić information content (AvgIpc) is 2.09. The van der Waals surface area contributed by atoms with Crippen LogP contribution in [0.4, 0.5) is 0 Å². The number of hydrogen-bond acceptors (Lipinski definition) is 6. The third-order valence-corrected chi connectivity index (χ3v) is 1.34. The average molecular weight is 211 g/mol. The molecule has 1 N–H and O–H groups in total. The highest BCUT2D eigenvalue weighted by Gasteiger charge is 2.19. The Morgan fingerprint density at radius 2 is 2.00 bits per heavy atom. The highest BCUT2D eigenvalue weighted by molar-refractivity contribution is 7.32. The van der Waals surface area contributed by atoms with E-state index in [2.05, 4.69) is 14.0 Å². The lowest BCUT2D eigenvalue weighted by Gasteiger charge is -2.09. The van der Waals surface area contributed by atoms with Gasteiger partial charge in [0.1, 0.15) is 13.2 Å². The molecule has 0 aliphatic carbocycles. The Morgan fingerprint density at radius 3 is 2.46 bits per heavy atom. The van der Waals surface area contributed by atoms with Crippen molar-refractivity contribution >= 4 is 21.2 Å². The van der Waals surface area contributed by atoms with Crippen LogP contribution in [-0.4, -0.2) is 37.2 Å². The molecule has 0 aliphatic rings. The van der Waals surface area contributed by atoms with Crippen LogP contribution in [0.3, 0.4) is 0 Å². The van der Waals surface area contributed by atoms with E-state index in [1.165, 1.54) is 0 Å². The molecule has 7 nitrogen and oxygen atoms in total. The van der Waals surface area contributed by atoms with Crippen LogP contribution in [0, 0.1) is 0 Å². The molecule has 0 aliphatic heterocycles. The van der Waals surface area contributed by atoms with Crippen molar-refractivity contribution in [3.05, 3.63) is 0 Å². The molecule has 0 spiro atoms. The molecule has 0 bridgehead atoms. The number of ether oxygens (including phenoxy) is 2. The van der Waals surface area contributed by atoms with Crippen LogP contribution in [0.2, 0.25) is 0 Å². The maximum absolute atomic E-state index is 10.1. The van der Waals surface area contributed by atoms with Gasteiger partial charge in [0.15, 0.2) is 6.10 Å². The van der Waals surface area contributed by atoms with Gasteiger partial charge in [-0.15, -0.1) is 9.42 Å². The summed E-state index contributed by atoms with van der Waals surface area (Å²) in [6.07, 6.45) is -0.867. The Balaban J connectivity index is 3.71. The molecule has 0 heterocycles. The van der Waals surface area contributed by atoms with Gasteiger partial charge < -0.3 is 9.47 Å². The first kappa shape index (κ1) is 12.0. The van der Waals surface area contributed by atoms with Crippen molar-refractivity contribution in [2.24, 2.45) is 0 Å². The topological polar surface area (TPSA) is 99.1 Å². The van der Waals surface area contributed by atoms with Crippen LogP contribution >= 0.6 is 8.25 Å². The molecule has 0 fully saturated rings. The van der Waals surface area contributed by atoms with Crippen LogP contribution in [0.5, 0.6) is 0 Å². The highest BCUT2D eigenvalue weighted by Crippen LogP contribution is 2.14. The molecule has 0 aromatic carbocycles. The minimum Gasteiger partial charge on any atom is -0.464 e. The third-order valence-electron chi connectivity index (χ3n) is 0.969. The molecule has 8 heteroatoms. The van der Waals surface area contributed by atoms with E-state index in [1.54, 1.807) is 0 Å². The van der Waals surface area contributed by atoms with E-state index in [1.807, 2.05) is 0 Å². The molecule has 0 rings (SSSR count). The molecule has 0 saturated heterocycles. The normalized spacial score (nSPS) is 12.8. The number of carbonyl (C=O) groups excluding carboxylic acids is 2. The van der Waals surface area contributed by atoms with Gasteiger partial charge in [0.2, 0.25) is 0 Å². The van der Waals surface area contributed by atoms with Crippen LogP contribution in [0.1, 0.15) is 0 Å². The van der Waals surface area contributed by atoms with Crippen LogP contribution in [0.15, 0.2) is 0 Å². The quantitative estimate of drug-likeness (QED) is 0.421. The lowest BCUT2D eigenvalue weighted by molar-refractivity contribution is -0.144. The second kappa shape index (κ2) is 7.60. The zero-order chi connectivity index (χ0) is 10.1. The monoisotopic (exact) mass is 211 g/mol. The summed E-state index contributed by atoms with van der Waals surface area (Å²) in [4.78, 5) is 27.8. The van der Waals surface area contributed by atoms with Gasteiger partial charge in [-0.2, -0.15) is 0 Å². The maximum Gasteiger partial charge on any atom is 0.694 e. The lowest BCUT2D eigenvalue weighted by Crippen LogP contribution is -2.23. The zero-order valence-electron chi connectivity index (χ0n) is 6.49. The van der Waals surface area contributed by atoms with Crippen molar-refractivity contribution in [3.8, 4) is 0 Å². The smallest absolute Gasteiger partial charge is 0.464 e. The fraction of sp³-hybridized carbons (Fsp3) is 0.600. The summed E-state index contributed by atoms with van der Waals surface area (Å²) in [6.45, 7) is -0.226. The van der Waals surface area contributed by atoms with Crippen molar-refractivity contribution in [2.45, 2.75) is 6.10 Å². The summed E-state index contributed by atoms with van der Waals surface area (Å²) >= 11 is 0. The Labute approximate surface area is 74.5 Å². The second-order valence-corrected chi connectivity index (χ2v) is 2.55. The summed E-state index contributed by atoms with van der Waals surface area (Å²) in [5, 5.41) is 0.